The Bertz CT molecular complexity index is 933. The lowest BCUT2D eigenvalue weighted by molar-refractivity contribution is -0.144. The minimum absolute atomic E-state index is 0.0894. The number of piperidine rings is 1. The van der Waals surface area contributed by atoms with Gasteiger partial charge in [0.15, 0.2) is 5.41 Å². The van der Waals surface area contributed by atoms with E-state index >= 15 is 0 Å². The number of sulfonamides is 1. The van der Waals surface area contributed by atoms with Gasteiger partial charge < -0.3 is 10.1 Å². The van der Waals surface area contributed by atoms with Crippen LogP contribution in [0.4, 0.5) is 5.69 Å². The van der Waals surface area contributed by atoms with Gasteiger partial charge in [-0.3, -0.25) is 9.59 Å². The second-order valence-electron chi connectivity index (χ2n) is 7.22. The summed E-state index contributed by atoms with van der Waals surface area (Å²) >= 11 is 0. The molecule has 1 heterocycles. The number of methoxy groups -OCH3 is 1. The van der Waals surface area contributed by atoms with E-state index in [-0.39, 0.29) is 10.6 Å². The smallest absolute Gasteiger partial charge is 0.311 e. The normalized spacial score (nSPS) is 27.5. The van der Waals surface area contributed by atoms with Gasteiger partial charge in [-0.2, -0.15) is 9.57 Å². The first-order chi connectivity index (χ1) is 13.3. The van der Waals surface area contributed by atoms with Gasteiger partial charge in [0.05, 0.1) is 24.0 Å². The number of nitriles is 1. The predicted octanol–water partition coefficient (Wildman–Crippen LogP) is 1.75. The topological polar surface area (TPSA) is 117 Å². The number of nitrogens with zero attached hydrogens (tertiary/aromatic N) is 2. The molecule has 0 radical (unpaired) electrons. The summed E-state index contributed by atoms with van der Waals surface area (Å²) in [7, 11) is -2.43. The number of ether oxygens (including phenoxy) is 1. The molecule has 0 bridgehead atoms. The maximum absolute atomic E-state index is 12.8. The summed E-state index contributed by atoms with van der Waals surface area (Å²) < 4.78 is 31.8. The zero-order chi connectivity index (χ0) is 20.5. The molecule has 8 nitrogen and oxygen atoms in total. The number of esters is 1. The van der Waals surface area contributed by atoms with Crippen molar-refractivity contribution >= 4 is 27.6 Å². The van der Waals surface area contributed by atoms with Gasteiger partial charge in [-0.05, 0) is 37.0 Å². The highest BCUT2D eigenvalue weighted by atomic mass is 32.2. The van der Waals surface area contributed by atoms with Gasteiger partial charge in [0, 0.05) is 18.8 Å². The standard InChI is InChI=1S/C19H23N3O5S/c1-13-16(17(23)27-2)19(13,12-20)18(24)21-14-7-6-8-15(11-14)28(25,26)22-9-4-3-5-10-22/h6-8,11,13,16H,3-5,9-10H2,1-2H3,(H,21,24)/t13-,16+,19-/m1/s1. The first-order valence-corrected chi connectivity index (χ1v) is 10.6. The van der Waals surface area contributed by atoms with Crippen LogP contribution >= 0.6 is 0 Å². The Morgan fingerprint density at radius 1 is 1.29 bits per heavy atom. The van der Waals surface area contributed by atoms with Crippen LogP contribution in [0.5, 0.6) is 0 Å². The molecule has 1 aliphatic heterocycles. The van der Waals surface area contributed by atoms with Crippen LogP contribution in [0.15, 0.2) is 29.2 Å². The fraction of sp³-hybridized carbons (Fsp3) is 0.526. The van der Waals surface area contributed by atoms with E-state index in [0.29, 0.717) is 13.1 Å². The molecule has 3 atom stereocenters. The summed E-state index contributed by atoms with van der Waals surface area (Å²) in [5.41, 5.74) is -1.24. The second-order valence-corrected chi connectivity index (χ2v) is 9.15. The molecule has 2 aliphatic rings. The summed E-state index contributed by atoms with van der Waals surface area (Å²) in [5, 5.41) is 12.1. The van der Waals surface area contributed by atoms with Crippen molar-refractivity contribution in [2.24, 2.45) is 17.3 Å². The molecule has 1 saturated heterocycles. The molecular weight excluding hydrogens is 382 g/mol. The van der Waals surface area contributed by atoms with Gasteiger partial charge in [-0.15, -0.1) is 0 Å². The van der Waals surface area contributed by atoms with Crippen LogP contribution in [0.25, 0.3) is 0 Å². The van der Waals surface area contributed by atoms with Crippen LogP contribution in [0.1, 0.15) is 26.2 Å². The van der Waals surface area contributed by atoms with Gasteiger partial charge in [-0.1, -0.05) is 19.4 Å². The van der Waals surface area contributed by atoms with Gasteiger partial charge in [0.2, 0.25) is 15.9 Å². The average Bonchev–Trinajstić information content (AvgIpc) is 3.33. The number of hydrogen-bond acceptors (Lipinski definition) is 6. The van der Waals surface area contributed by atoms with Crippen LogP contribution in [-0.2, 0) is 24.3 Å². The number of carbonyl (C=O) groups is 2. The second kappa shape index (κ2) is 7.53. The quantitative estimate of drug-likeness (QED) is 0.746. The summed E-state index contributed by atoms with van der Waals surface area (Å²) in [6.45, 7) is 2.60. The van der Waals surface area contributed by atoms with Gasteiger partial charge >= 0.3 is 5.97 Å². The zero-order valence-corrected chi connectivity index (χ0v) is 16.7. The van der Waals surface area contributed by atoms with Gasteiger partial charge in [-0.25, -0.2) is 8.42 Å². The monoisotopic (exact) mass is 405 g/mol. The molecule has 28 heavy (non-hydrogen) atoms. The maximum atomic E-state index is 12.8. The van der Waals surface area contributed by atoms with Crippen LogP contribution < -0.4 is 5.32 Å². The van der Waals surface area contributed by atoms with E-state index in [1.807, 2.05) is 6.07 Å². The lowest BCUT2D eigenvalue weighted by Gasteiger charge is -2.26. The maximum Gasteiger partial charge on any atom is 0.311 e. The van der Waals surface area contributed by atoms with E-state index in [1.165, 1.54) is 23.5 Å². The van der Waals surface area contributed by atoms with Crippen molar-refractivity contribution in [3.63, 3.8) is 0 Å². The fourth-order valence-electron chi connectivity index (χ4n) is 3.87. The highest BCUT2D eigenvalue weighted by Gasteiger charge is 2.72. The van der Waals surface area contributed by atoms with E-state index in [0.717, 1.165) is 19.3 Å². The van der Waals surface area contributed by atoms with Crippen molar-refractivity contribution in [2.75, 3.05) is 25.5 Å². The lowest BCUT2D eigenvalue weighted by atomic mass is 10.0. The number of carbonyl (C=O) groups excluding carboxylic acids is 2. The molecule has 150 valence electrons. The van der Waals surface area contributed by atoms with Crippen molar-refractivity contribution < 1.29 is 22.7 Å². The van der Waals surface area contributed by atoms with E-state index in [2.05, 4.69) is 10.1 Å². The van der Waals surface area contributed by atoms with Crippen molar-refractivity contribution in [1.29, 1.82) is 5.26 Å². The molecule has 0 unspecified atom stereocenters. The molecule has 1 N–H and O–H groups in total. The highest BCUT2D eigenvalue weighted by molar-refractivity contribution is 7.89. The minimum atomic E-state index is -3.64. The average molecular weight is 405 g/mol. The molecule has 0 spiro atoms. The summed E-state index contributed by atoms with van der Waals surface area (Å²) in [6.07, 6.45) is 2.66. The molecule has 1 aromatic rings. The Hall–Kier alpha value is -2.44. The molecule has 0 aromatic heterocycles. The summed E-state index contributed by atoms with van der Waals surface area (Å²) in [5.74, 6) is -2.55. The lowest BCUT2D eigenvalue weighted by Crippen LogP contribution is -2.35. The largest absolute Gasteiger partial charge is 0.469 e. The molecule has 1 amide bonds. The Morgan fingerprint density at radius 2 is 1.96 bits per heavy atom. The summed E-state index contributed by atoms with van der Waals surface area (Å²) in [6, 6.07) is 7.90. The van der Waals surface area contributed by atoms with Crippen LogP contribution in [0.3, 0.4) is 0 Å². The fourth-order valence-corrected chi connectivity index (χ4v) is 5.43. The van der Waals surface area contributed by atoms with Crippen LogP contribution in [0, 0.1) is 28.6 Å². The Morgan fingerprint density at radius 3 is 2.57 bits per heavy atom. The Balaban J connectivity index is 1.81. The minimum Gasteiger partial charge on any atom is -0.469 e. The number of benzene rings is 1. The third kappa shape index (κ3) is 3.27. The molecule has 1 aliphatic carbocycles. The van der Waals surface area contributed by atoms with Crippen molar-refractivity contribution in [1.82, 2.24) is 4.31 Å². The first-order valence-electron chi connectivity index (χ1n) is 9.19. The Labute approximate surface area is 164 Å². The number of anilines is 1. The molecular formula is C19H23N3O5S. The molecule has 3 rings (SSSR count). The third-order valence-electron chi connectivity index (χ3n) is 5.66. The van der Waals surface area contributed by atoms with Crippen LogP contribution in [-0.4, -0.2) is 44.8 Å². The zero-order valence-electron chi connectivity index (χ0n) is 15.8. The molecule has 1 saturated carbocycles. The van der Waals surface area contributed by atoms with Crippen LogP contribution in [0.2, 0.25) is 0 Å². The van der Waals surface area contributed by atoms with Crippen molar-refractivity contribution in [3.8, 4) is 6.07 Å². The number of amides is 1. The van der Waals surface area contributed by atoms with E-state index in [4.69, 9.17) is 0 Å². The van der Waals surface area contributed by atoms with Gasteiger partial charge in [0.1, 0.15) is 0 Å². The molecule has 1 aromatic carbocycles. The van der Waals surface area contributed by atoms with E-state index in [1.54, 1.807) is 19.1 Å². The first kappa shape index (κ1) is 20.3. The predicted molar refractivity (Wildman–Crippen MR) is 100 cm³/mol. The van der Waals surface area contributed by atoms with Crippen molar-refractivity contribution in [3.05, 3.63) is 24.3 Å². The SMILES string of the molecule is COC(=O)[C@@H]1[C@@H](C)[C@@]1(C#N)C(=O)Nc1cccc(S(=O)(=O)N2CCCCC2)c1. The number of hydrogen-bond donors (Lipinski definition) is 1. The molecule has 9 heteroatoms. The molecule has 2 fully saturated rings. The number of nitrogens with one attached hydrogen (secondary N) is 1. The third-order valence-corrected chi connectivity index (χ3v) is 7.55. The van der Waals surface area contributed by atoms with E-state index in [9.17, 15) is 23.3 Å². The van der Waals surface area contributed by atoms with E-state index < -0.39 is 39.2 Å². The summed E-state index contributed by atoms with van der Waals surface area (Å²) in [4.78, 5) is 24.7. The highest BCUT2D eigenvalue weighted by Crippen LogP contribution is 2.59. The Kier molecular flexibility index (Phi) is 5.46. The van der Waals surface area contributed by atoms with Crippen molar-refractivity contribution in [2.45, 2.75) is 31.1 Å². The number of rotatable bonds is 5. The van der Waals surface area contributed by atoms with Gasteiger partial charge in [0.25, 0.3) is 0 Å².